The van der Waals surface area contributed by atoms with Crippen molar-refractivity contribution in [2.45, 2.75) is 72.5 Å². The molecule has 2 amide bonds. The van der Waals surface area contributed by atoms with Gasteiger partial charge in [0.25, 0.3) is 5.91 Å². The van der Waals surface area contributed by atoms with Crippen LogP contribution in [0.1, 0.15) is 63.6 Å². The number of nitrogens with one attached hydrogen (secondary N) is 1. The SMILES string of the molecule is CC[C@@H](C(=O)NC(C)C)N(Cc1ccccc1C)C(=O)COc1ccccc1C(C)C. The lowest BCUT2D eigenvalue weighted by molar-refractivity contribution is -0.143. The maximum absolute atomic E-state index is 13.3. The van der Waals surface area contributed by atoms with E-state index in [-0.39, 0.29) is 30.4 Å². The molecule has 0 saturated carbocycles. The van der Waals surface area contributed by atoms with Crippen LogP contribution in [0.2, 0.25) is 0 Å². The molecule has 1 N–H and O–H groups in total. The lowest BCUT2D eigenvalue weighted by Gasteiger charge is -2.31. The molecule has 0 aliphatic carbocycles. The summed E-state index contributed by atoms with van der Waals surface area (Å²) in [4.78, 5) is 27.9. The quantitative estimate of drug-likeness (QED) is 0.594. The Kier molecular flexibility index (Phi) is 9.10. The zero-order chi connectivity index (χ0) is 23.0. The van der Waals surface area contributed by atoms with Gasteiger partial charge in [0, 0.05) is 12.6 Å². The molecule has 2 aromatic carbocycles. The van der Waals surface area contributed by atoms with Gasteiger partial charge in [-0.3, -0.25) is 9.59 Å². The average Bonchev–Trinajstić information content (AvgIpc) is 2.72. The van der Waals surface area contributed by atoms with Gasteiger partial charge in [-0.25, -0.2) is 0 Å². The number of hydrogen-bond acceptors (Lipinski definition) is 3. The molecular formula is C26H36N2O3. The first kappa shape index (κ1) is 24.4. The van der Waals surface area contributed by atoms with E-state index in [0.29, 0.717) is 18.7 Å². The summed E-state index contributed by atoms with van der Waals surface area (Å²) in [5.41, 5.74) is 3.17. The van der Waals surface area contributed by atoms with Crippen LogP contribution in [0.5, 0.6) is 5.75 Å². The van der Waals surface area contributed by atoms with Gasteiger partial charge in [0.2, 0.25) is 5.91 Å². The van der Waals surface area contributed by atoms with E-state index in [4.69, 9.17) is 4.74 Å². The zero-order valence-corrected chi connectivity index (χ0v) is 19.6. The normalized spacial score (nSPS) is 12.0. The summed E-state index contributed by atoms with van der Waals surface area (Å²) < 4.78 is 5.94. The second-order valence-electron chi connectivity index (χ2n) is 8.52. The van der Waals surface area contributed by atoms with Gasteiger partial charge in [-0.2, -0.15) is 0 Å². The Morgan fingerprint density at radius 1 is 1.00 bits per heavy atom. The predicted octanol–water partition coefficient (Wildman–Crippen LogP) is 4.83. The van der Waals surface area contributed by atoms with E-state index in [1.54, 1.807) is 4.90 Å². The fraction of sp³-hybridized carbons (Fsp3) is 0.462. The number of amides is 2. The van der Waals surface area contributed by atoms with Crippen molar-refractivity contribution in [3.05, 3.63) is 65.2 Å². The first-order chi connectivity index (χ1) is 14.7. The maximum Gasteiger partial charge on any atom is 0.261 e. The molecule has 2 rings (SSSR count). The number of rotatable bonds is 10. The van der Waals surface area contributed by atoms with Crippen LogP contribution in [0.25, 0.3) is 0 Å². The molecule has 0 aromatic heterocycles. The number of aryl methyl sites for hydroxylation is 1. The van der Waals surface area contributed by atoms with Gasteiger partial charge in [-0.15, -0.1) is 0 Å². The molecule has 0 spiro atoms. The molecule has 1 atom stereocenters. The van der Waals surface area contributed by atoms with Gasteiger partial charge in [-0.05, 0) is 55.9 Å². The summed E-state index contributed by atoms with van der Waals surface area (Å²) in [6.07, 6.45) is 0.527. The van der Waals surface area contributed by atoms with E-state index in [2.05, 4.69) is 19.2 Å². The van der Waals surface area contributed by atoms with Gasteiger partial charge < -0.3 is 15.0 Å². The molecule has 5 heteroatoms. The zero-order valence-electron chi connectivity index (χ0n) is 19.6. The Morgan fingerprint density at radius 2 is 1.65 bits per heavy atom. The monoisotopic (exact) mass is 424 g/mol. The minimum atomic E-state index is -0.557. The van der Waals surface area contributed by atoms with Crippen molar-refractivity contribution in [2.24, 2.45) is 0 Å². The first-order valence-corrected chi connectivity index (χ1v) is 11.1. The van der Waals surface area contributed by atoms with E-state index in [1.165, 1.54) is 0 Å². The molecule has 0 saturated heterocycles. The number of benzene rings is 2. The lowest BCUT2D eigenvalue weighted by Crippen LogP contribution is -2.51. The van der Waals surface area contributed by atoms with Gasteiger partial charge in [0.15, 0.2) is 6.61 Å². The summed E-state index contributed by atoms with van der Waals surface area (Å²) in [6, 6.07) is 15.2. The first-order valence-electron chi connectivity index (χ1n) is 11.1. The van der Waals surface area contributed by atoms with Crippen LogP contribution in [-0.4, -0.2) is 35.4 Å². The Labute approximate surface area is 186 Å². The number of carbonyl (C=O) groups excluding carboxylic acids is 2. The molecule has 0 aliphatic heterocycles. The topological polar surface area (TPSA) is 58.6 Å². The Bertz CT molecular complexity index is 876. The highest BCUT2D eigenvalue weighted by atomic mass is 16.5. The molecule has 0 bridgehead atoms. The third kappa shape index (κ3) is 6.84. The molecule has 0 unspecified atom stereocenters. The fourth-order valence-electron chi connectivity index (χ4n) is 3.58. The number of para-hydroxylation sites is 1. The third-order valence-electron chi connectivity index (χ3n) is 5.31. The second kappa shape index (κ2) is 11.5. The summed E-state index contributed by atoms with van der Waals surface area (Å²) in [5.74, 6) is 0.658. The molecule has 31 heavy (non-hydrogen) atoms. The van der Waals surface area contributed by atoms with Gasteiger partial charge in [0.1, 0.15) is 11.8 Å². The van der Waals surface area contributed by atoms with E-state index in [9.17, 15) is 9.59 Å². The molecule has 0 heterocycles. The van der Waals surface area contributed by atoms with Crippen molar-refractivity contribution >= 4 is 11.8 Å². The van der Waals surface area contributed by atoms with E-state index in [1.807, 2.05) is 76.2 Å². The summed E-state index contributed by atoms with van der Waals surface area (Å²) >= 11 is 0. The Balaban J connectivity index is 2.27. The van der Waals surface area contributed by atoms with Crippen LogP contribution in [-0.2, 0) is 16.1 Å². The highest BCUT2D eigenvalue weighted by molar-refractivity contribution is 5.88. The van der Waals surface area contributed by atoms with Crippen LogP contribution in [0.3, 0.4) is 0 Å². The summed E-state index contributed by atoms with van der Waals surface area (Å²) in [5, 5.41) is 2.95. The van der Waals surface area contributed by atoms with E-state index < -0.39 is 6.04 Å². The standard InChI is InChI=1S/C26H36N2O3/c1-7-23(26(30)27-19(4)5)28(16-21-13-9-8-12-20(21)6)25(29)17-31-24-15-11-10-14-22(24)18(2)3/h8-15,18-19,23H,7,16-17H2,1-6H3,(H,27,30)/t23-/m0/s1. The van der Waals surface area contributed by atoms with E-state index in [0.717, 1.165) is 16.7 Å². The number of ether oxygens (including phenoxy) is 1. The minimum Gasteiger partial charge on any atom is -0.483 e. The van der Waals surface area contributed by atoms with Crippen LogP contribution < -0.4 is 10.1 Å². The number of carbonyl (C=O) groups is 2. The van der Waals surface area contributed by atoms with Crippen molar-refractivity contribution in [3.63, 3.8) is 0 Å². The third-order valence-corrected chi connectivity index (χ3v) is 5.31. The Morgan fingerprint density at radius 3 is 2.26 bits per heavy atom. The largest absolute Gasteiger partial charge is 0.483 e. The molecule has 2 aromatic rings. The average molecular weight is 425 g/mol. The van der Waals surface area contributed by atoms with Crippen molar-refractivity contribution in [1.82, 2.24) is 10.2 Å². The Hall–Kier alpha value is -2.82. The van der Waals surface area contributed by atoms with Crippen molar-refractivity contribution in [1.29, 1.82) is 0 Å². The van der Waals surface area contributed by atoms with Crippen molar-refractivity contribution in [3.8, 4) is 5.75 Å². The predicted molar refractivity (Wildman–Crippen MR) is 125 cm³/mol. The minimum absolute atomic E-state index is 0.00568. The van der Waals surface area contributed by atoms with Gasteiger partial charge in [-0.1, -0.05) is 63.2 Å². The lowest BCUT2D eigenvalue weighted by atomic mass is 10.0. The summed E-state index contributed by atoms with van der Waals surface area (Å²) in [6.45, 7) is 12.2. The number of hydrogen-bond donors (Lipinski definition) is 1. The molecule has 168 valence electrons. The molecular weight excluding hydrogens is 388 g/mol. The fourth-order valence-corrected chi connectivity index (χ4v) is 3.58. The number of nitrogens with zero attached hydrogens (tertiary/aromatic N) is 1. The molecule has 0 fully saturated rings. The molecule has 0 aliphatic rings. The van der Waals surface area contributed by atoms with Crippen LogP contribution >= 0.6 is 0 Å². The smallest absolute Gasteiger partial charge is 0.261 e. The van der Waals surface area contributed by atoms with Gasteiger partial charge >= 0.3 is 0 Å². The van der Waals surface area contributed by atoms with E-state index >= 15 is 0 Å². The van der Waals surface area contributed by atoms with Crippen LogP contribution in [0.4, 0.5) is 0 Å². The molecule has 5 nitrogen and oxygen atoms in total. The highest BCUT2D eigenvalue weighted by Crippen LogP contribution is 2.26. The molecule has 0 radical (unpaired) electrons. The highest BCUT2D eigenvalue weighted by Gasteiger charge is 2.29. The van der Waals surface area contributed by atoms with Gasteiger partial charge in [0.05, 0.1) is 0 Å². The maximum atomic E-state index is 13.3. The van der Waals surface area contributed by atoms with Crippen LogP contribution in [0, 0.1) is 6.92 Å². The second-order valence-corrected chi connectivity index (χ2v) is 8.52. The summed E-state index contributed by atoms with van der Waals surface area (Å²) in [7, 11) is 0. The van der Waals surface area contributed by atoms with Crippen molar-refractivity contribution < 1.29 is 14.3 Å². The van der Waals surface area contributed by atoms with Crippen molar-refractivity contribution in [2.75, 3.05) is 6.61 Å². The van der Waals surface area contributed by atoms with Crippen LogP contribution in [0.15, 0.2) is 48.5 Å².